The van der Waals surface area contributed by atoms with Crippen molar-refractivity contribution < 1.29 is 4.74 Å². The number of hydrogen-bond acceptors (Lipinski definition) is 3. The normalized spacial score (nSPS) is 15.8. The van der Waals surface area contributed by atoms with Crippen molar-refractivity contribution in [1.29, 1.82) is 0 Å². The first-order valence-electron chi connectivity index (χ1n) is 7.06. The number of aromatic nitrogens is 2. The minimum atomic E-state index is -0.114. The molecule has 8 heteroatoms. The Kier molecular flexibility index (Phi) is 5.83. The molecular weight excluding hydrogens is 397 g/mol. The highest BCUT2D eigenvalue weighted by Gasteiger charge is 2.12. The zero-order valence-electron chi connectivity index (χ0n) is 12.2. The van der Waals surface area contributed by atoms with Crippen LogP contribution in [0.3, 0.4) is 0 Å². The number of hydrogen-bond donors (Lipinski definition) is 2. The molecule has 0 bridgehead atoms. The summed E-state index contributed by atoms with van der Waals surface area (Å²) < 4.78 is 6.96. The standard InChI is InChI=1S/C14H19N5O2.HI/c15-13(18-7-9-21-10-8-18)16-5-6-19-12-4-2-1-3-11(12)17-14(19)20;/h1-4H,5-10H2,(H2,15,16)(H,17,20);1H. The van der Waals surface area contributed by atoms with Gasteiger partial charge in [0.15, 0.2) is 5.96 Å². The van der Waals surface area contributed by atoms with Crippen molar-refractivity contribution in [3.05, 3.63) is 34.7 Å². The van der Waals surface area contributed by atoms with E-state index in [1.165, 1.54) is 0 Å². The lowest BCUT2D eigenvalue weighted by molar-refractivity contribution is 0.0674. The summed E-state index contributed by atoms with van der Waals surface area (Å²) in [5.41, 5.74) is 7.58. The Labute approximate surface area is 145 Å². The molecule has 2 heterocycles. The van der Waals surface area contributed by atoms with Crippen molar-refractivity contribution in [3.8, 4) is 0 Å². The highest BCUT2D eigenvalue weighted by atomic mass is 127. The highest BCUT2D eigenvalue weighted by molar-refractivity contribution is 14.0. The minimum Gasteiger partial charge on any atom is -0.378 e. The van der Waals surface area contributed by atoms with Gasteiger partial charge in [-0.1, -0.05) is 12.1 Å². The molecule has 1 aliphatic heterocycles. The molecule has 120 valence electrons. The number of halogens is 1. The van der Waals surface area contributed by atoms with E-state index in [0.717, 1.165) is 24.1 Å². The van der Waals surface area contributed by atoms with Crippen molar-refractivity contribution in [2.45, 2.75) is 6.54 Å². The fraction of sp³-hybridized carbons (Fsp3) is 0.429. The van der Waals surface area contributed by atoms with Gasteiger partial charge in [0.05, 0.1) is 30.8 Å². The fourth-order valence-electron chi connectivity index (χ4n) is 2.49. The summed E-state index contributed by atoms with van der Waals surface area (Å²) in [6.07, 6.45) is 0. The maximum atomic E-state index is 11.9. The lowest BCUT2D eigenvalue weighted by atomic mass is 10.3. The van der Waals surface area contributed by atoms with E-state index in [1.54, 1.807) is 4.57 Å². The molecule has 1 aliphatic rings. The lowest BCUT2D eigenvalue weighted by Gasteiger charge is -2.27. The first-order valence-corrected chi connectivity index (χ1v) is 7.06. The number of aliphatic imine (C=N–C) groups is 1. The van der Waals surface area contributed by atoms with Crippen LogP contribution in [0.4, 0.5) is 0 Å². The first kappa shape index (κ1) is 16.8. The molecule has 0 atom stereocenters. The van der Waals surface area contributed by atoms with Crippen LogP contribution in [0.5, 0.6) is 0 Å². The Bertz CT molecular complexity index is 703. The van der Waals surface area contributed by atoms with Gasteiger partial charge in [-0.15, -0.1) is 24.0 Å². The number of imidazole rings is 1. The molecule has 7 nitrogen and oxygen atoms in total. The fourth-order valence-corrected chi connectivity index (χ4v) is 2.49. The SMILES string of the molecule is I.NC(=NCCn1c(=O)[nH]c2ccccc21)N1CCOCC1. The number of aromatic amines is 1. The lowest BCUT2D eigenvalue weighted by Crippen LogP contribution is -2.45. The summed E-state index contributed by atoms with van der Waals surface area (Å²) in [4.78, 5) is 21.1. The van der Waals surface area contributed by atoms with E-state index < -0.39 is 0 Å². The number of nitrogens with two attached hydrogens (primary N) is 1. The van der Waals surface area contributed by atoms with Crippen LogP contribution < -0.4 is 11.4 Å². The average molecular weight is 417 g/mol. The van der Waals surface area contributed by atoms with Gasteiger partial charge in [-0.2, -0.15) is 0 Å². The largest absolute Gasteiger partial charge is 0.378 e. The molecule has 0 saturated carbocycles. The summed E-state index contributed by atoms with van der Waals surface area (Å²) in [5, 5.41) is 0. The smallest absolute Gasteiger partial charge is 0.326 e. The van der Waals surface area contributed by atoms with Gasteiger partial charge in [0.1, 0.15) is 0 Å². The van der Waals surface area contributed by atoms with Gasteiger partial charge in [0.25, 0.3) is 0 Å². The van der Waals surface area contributed by atoms with Crippen molar-refractivity contribution in [2.24, 2.45) is 10.7 Å². The number of guanidine groups is 1. The number of benzene rings is 1. The molecule has 0 spiro atoms. The monoisotopic (exact) mass is 417 g/mol. The molecule has 2 aromatic rings. The third-order valence-corrected chi connectivity index (χ3v) is 3.61. The molecule has 1 saturated heterocycles. The number of para-hydroxylation sites is 2. The number of nitrogens with one attached hydrogen (secondary N) is 1. The molecule has 0 aliphatic carbocycles. The van der Waals surface area contributed by atoms with Crippen LogP contribution in [0.15, 0.2) is 34.1 Å². The van der Waals surface area contributed by atoms with E-state index in [-0.39, 0.29) is 29.7 Å². The Hall–Kier alpha value is -1.55. The van der Waals surface area contributed by atoms with Gasteiger partial charge in [-0.25, -0.2) is 4.79 Å². The summed E-state index contributed by atoms with van der Waals surface area (Å²) >= 11 is 0. The van der Waals surface area contributed by atoms with Crippen molar-refractivity contribution in [1.82, 2.24) is 14.5 Å². The molecule has 3 N–H and O–H groups in total. The maximum absolute atomic E-state index is 11.9. The van der Waals surface area contributed by atoms with E-state index in [9.17, 15) is 4.79 Å². The topological polar surface area (TPSA) is 88.6 Å². The molecule has 3 rings (SSSR count). The first-order chi connectivity index (χ1) is 10.3. The number of fused-ring (bicyclic) bond motifs is 1. The second-order valence-corrected chi connectivity index (χ2v) is 4.94. The van der Waals surface area contributed by atoms with Crippen LogP contribution in [0.25, 0.3) is 11.0 Å². The van der Waals surface area contributed by atoms with Gasteiger partial charge < -0.3 is 20.4 Å². The summed E-state index contributed by atoms with van der Waals surface area (Å²) in [5.74, 6) is 0.520. The Morgan fingerprint density at radius 2 is 2.05 bits per heavy atom. The summed E-state index contributed by atoms with van der Waals surface area (Å²) in [6, 6.07) is 7.62. The third kappa shape index (κ3) is 3.61. The van der Waals surface area contributed by atoms with Gasteiger partial charge >= 0.3 is 5.69 Å². The van der Waals surface area contributed by atoms with Crippen molar-refractivity contribution in [2.75, 3.05) is 32.8 Å². The molecule has 1 aromatic carbocycles. The highest BCUT2D eigenvalue weighted by Crippen LogP contribution is 2.08. The van der Waals surface area contributed by atoms with Crippen LogP contribution in [0.1, 0.15) is 0 Å². The number of morpholine rings is 1. The average Bonchev–Trinajstić information content (AvgIpc) is 2.84. The molecule has 1 fully saturated rings. The molecule has 0 unspecified atom stereocenters. The van der Waals surface area contributed by atoms with Crippen molar-refractivity contribution in [3.63, 3.8) is 0 Å². The quantitative estimate of drug-likeness (QED) is 0.435. The van der Waals surface area contributed by atoms with Crippen LogP contribution >= 0.6 is 24.0 Å². The molecular formula is C14H20IN5O2. The van der Waals surface area contributed by atoms with Gasteiger partial charge in [-0.3, -0.25) is 9.56 Å². The minimum absolute atomic E-state index is 0. The summed E-state index contributed by atoms with van der Waals surface area (Å²) in [7, 11) is 0. The predicted molar refractivity (Wildman–Crippen MR) is 96.9 cm³/mol. The van der Waals surface area contributed by atoms with Gasteiger partial charge in [0, 0.05) is 19.6 Å². The maximum Gasteiger partial charge on any atom is 0.326 e. The number of H-pyrrole nitrogens is 1. The molecule has 22 heavy (non-hydrogen) atoms. The van der Waals surface area contributed by atoms with Crippen LogP contribution in [-0.4, -0.2) is 53.3 Å². The molecule has 0 amide bonds. The second kappa shape index (κ2) is 7.63. The Morgan fingerprint density at radius 3 is 2.82 bits per heavy atom. The number of nitrogens with zero attached hydrogens (tertiary/aromatic N) is 3. The van der Waals surface area contributed by atoms with E-state index in [1.807, 2.05) is 29.2 Å². The van der Waals surface area contributed by atoms with Gasteiger partial charge in [0.2, 0.25) is 0 Å². The van der Waals surface area contributed by atoms with Crippen LogP contribution in [-0.2, 0) is 11.3 Å². The predicted octanol–water partition coefficient (Wildman–Crippen LogP) is 0.594. The number of rotatable bonds is 3. The van der Waals surface area contributed by atoms with Crippen LogP contribution in [0, 0.1) is 0 Å². The zero-order chi connectivity index (χ0) is 14.7. The second-order valence-electron chi connectivity index (χ2n) is 4.94. The number of ether oxygens (including phenoxy) is 1. The van der Waals surface area contributed by atoms with E-state index in [4.69, 9.17) is 10.5 Å². The molecule has 0 radical (unpaired) electrons. The van der Waals surface area contributed by atoms with Crippen LogP contribution in [0.2, 0.25) is 0 Å². The summed E-state index contributed by atoms with van der Waals surface area (Å²) in [6.45, 7) is 3.87. The van der Waals surface area contributed by atoms with E-state index >= 15 is 0 Å². The van der Waals surface area contributed by atoms with E-state index in [2.05, 4.69) is 9.98 Å². The zero-order valence-corrected chi connectivity index (χ0v) is 14.5. The Balaban J connectivity index is 0.00000176. The molecule has 1 aromatic heterocycles. The third-order valence-electron chi connectivity index (χ3n) is 3.61. The van der Waals surface area contributed by atoms with Crippen molar-refractivity contribution >= 4 is 41.0 Å². The van der Waals surface area contributed by atoms with Gasteiger partial charge in [-0.05, 0) is 12.1 Å². The van der Waals surface area contributed by atoms with E-state index in [0.29, 0.717) is 32.3 Å². The Morgan fingerprint density at radius 1 is 1.32 bits per heavy atom.